The van der Waals surface area contributed by atoms with Crippen molar-refractivity contribution in [2.24, 2.45) is 5.73 Å². The fraction of sp³-hybridized carbons (Fsp3) is 0.857. The highest BCUT2D eigenvalue weighted by Crippen LogP contribution is 2.09. The number of thiocarbonyl (C=S) groups is 1. The Morgan fingerprint density at radius 2 is 2.05 bits per heavy atom. The molecule has 0 saturated heterocycles. The molecule has 0 rings (SSSR count). The molecule has 0 aliphatic carbocycles. The van der Waals surface area contributed by atoms with Gasteiger partial charge in [0, 0.05) is 32.2 Å². The topological polar surface area (TPSA) is 67.6 Å². The number of carbonyl (C=O) groups is 1. The highest BCUT2D eigenvalue weighted by molar-refractivity contribution is 7.80. The van der Waals surface area contributed by atoms with Crippen LogP contribution in [0.5, 0.6) is 0 Å². The van der Waals surface area contributed by atoms with E-state index in [1.54, 1.807) is 7.11 Å². The van der Waals surface area contributed by atoms with Gasteiger partial charge in [0.1, 0.15) is 0 Å². The fourth-order valence-electron chi connectivity index (χ4n) is 1.65. The molecule has 0 heterocycles. The number of amides is 1. The van der Waals surface area contributed by atoms with Crippen LogP contribution < -0.4 is 11.1 Å². The first-order valence-electron chi connectivity index (χ1n) is 7.06. The summed E-state index contributed by atoms with van der Waals surface area (Å²) in [7, 11) is 1.65. The van der Waals surface area contributed by atoms with Crippen LogP contribution in [-0.4, -0.2) is 54.2 Å². The van der Waals surface area contributed by atoms with Gasteiger partial charge in [-0.1, -0.05) is 19.1 Å². The zero-order chi connectivity index (χ0) is 15.8. The van der Waals surface area contributed by atoms with Gasteiger partial charge in [0.25, 0.3) is 0 Å². The predicted molar refractivity (Wildman–Crippen MR) is 86.8 cm³/mol. The van der Waals surface area contributed by atoms with Gasteiger partial charge in [-0.25, -0.2) is 0 Å². The number of ether oxygens (including phenoxy) is 1. The van der Waals surface area contributed by atoms with Gasteiger partial charge in [-0.2, -0.15) is 0 Å². The van der Waals surface area contributed by atoms with Gasteiger partial charge in [-0.15, -0.1) is 0 Å². The van der Waals surface area contributed by atoms with Gasteiger partial charge in [-0.3, -0.25) is 9.69 Å². The van der Waals surface area contributed by atoms with Gasteiger partial charge >= 0.3 is 0 Å². The van der Waals surface area contributed by atoms with Gasteiger partial charge < -0.3 is 15.8 Å². The summed E-state index contributed by atoms with van der Waals surface area (Å²) < 4.78 is 5.09. The number of rotatable bonds is 10. The zero-order valence-corrected chi connectivity index (χ0v) is 14.2. The van der Waals surface area contributed by atoms with E-state index >= 15 is 0 Å². The van der Waals surface area contributed by atoms with E-state index in [0.29, 0.717) is 31.1 Å². The number of hydrogen-bond donors (Lipinski definition) is 2. The van der Waals surface area contributed by atoms with Crippen LogP contribution in [-0.2, 0) is 9.53 Å². The minimum atomic E-state index is -0.231. The van der Waals surface area contributed by atoms with Crippen LogP contribution in [0, 0.1) is 0 Å². The molecule has 0 aromatic rings. The second-order valence-corrected chi connectivity index (χ2v) is 6.17. The van der Waals surface area contributed by atoms with Crippen molar-refractivity contribution in [1.29, 1.82) is 0 Å². The second-order valence-electron chi connectivity index (χ2n) is 5.65. The van der Waals surface area contributed by atoms with Crippen LogP contribution in [0.2, 0.25) is 0 Å². The van der Waals surface area contributed by atoms with Crippen LogP contribution in [0.4, 0.5) is 0 Å². The van der Waals surface area contributed by atoms with Crippen molar-refractivity contribution < 1.29 is 9.53 Å². The van der Waals surface area contributed by atoms with Crippen molar-refractivity contribution in [3.05, 3.63) is 0 Å². The molecule has 0 aliphatic heterocycles. The summed E-state index contributed by atoms with van der Waals surface area (Å²) in [4.78, 5) is 14.8. The van der Waals surface area contributed by atoms with Crippen molar-refractivity contribution in [3.8, 4) is 0 Å². The van der Waals surface area contributed by atoms with E-state index in [0.717, 1.165) is 6.42 Å². The first-order valence-corrected chi connectivity index (χ1v) is 7.47. The molecule has 0 radical (unpaired) electrons. The van der Waals surface area contributed by atoms with Crippen LogP contribution in [0.25, 0.3) is 0 Å². The van der Waals surface area contributed by atoms with Crippen molar-refractivity contribution in [2.75, 3.05) is 26.8 Å². The number of carbonyl (C=O) groups excluding carboxylic acids is 1. The molecule has 118 valence electrons. The Morgan fingerprint density at radius 3 is 2.50 bits per heavy atom. The number of hydrogen-bond acceptors (Lipinski definition) is 4. The summed E-state index contributed by atoms with van der Waals surface area (Å²) in [5, 5.41) is 3.06. The summed E-state index contributed by atoms with van der Waals surface area (Å²) in [6.45, 7) is 9.92. The highest BCUT2D eigenvalue weighted by atomic mass is 32.1. The third kappa shape index (κ3) is 7.77. The molecule has 3 N–H and O–H groups in total. The molecule has 0 aromatic carbocycles. The average molecular weight is 303 g/mol. The van der Waals surface area contributed by atoms with Crippen LogP contribution in [0.15, 0.2) is 0 Å². The lowest BCUT2D eigenvalue weighted by Gasteiger charge is -2.32. The number of nitrogens with zero attached hydrogens (tertiary/aromatic N) is 1. The quantitative estimate of drug-likeness (QED) is 0.596. The first kappa shape index (κ1) is 19.3. The van der Waals surface area contributed by atoms with Crippen LogP contribution in [0.3, 0.4) is 0 Å². The molecular weight excluding hydrogens is 274 g/mol. The molecule has 0 fully saturated rings. The minimum absolute atomic E-state index is 0.0240. The van der Waals surface area contributed by atoms with Gasteiger partial charge in [0.15, 0.2) is 0 Å². The molecule has 20 heavy (non-hydrogen) atoms. The van der Waals surface area contributed by atoms with Gasteiger partial charge in [-0.05, 0) is 27.2 Å². The Labute approximate surface area is 128 Å². The Balaban J connectivity index is 4.61. The maximum atomic E-state index is 12.3. The maximum absolute atomic E-state index is 12.3. The predicted octanol–water partition coefficient (Wildman–Crippen LogP) is 1.30. The molecule has 5 nitrogen and oxygen atoms in total. The monoisotopic (exact) mass is 303 g/mol. The first-order chi connectivity index (χ1) is 9.23. The largest absolute Gasteiger partial charge is 0.393 e. The standard InChI is InChI=1S/C14H29N3O2S/c1-6-14(3,4)16-13(18)11(2)17(9-10-19-5)8-7-12(15)20/h11H,6-10H2,1-5H3,(H2,15,20)(H,16,18). The lowest BCUT2D eigenvalue weighted by Crippen LogP contribution is -2.52. The molecule has 1 amide bonds. The smallest absolute Gasteiger partial charge is 0.237 e. The summed E-state index contributed by atoms with van der Waals surface area (Å²) >= 11 is 4.90. The summed E-state index contributed by atoms with van der Waals surface area (Å²) in [6, 6.07) is -0.231. The third-order valence-corrected chi connectivity index (χ3v) is 3.70. The Bertz CT molecular complexity index is 322. The molecule has 1 atom stereocenters. The van der Waals surface area contributed by atoms with E-state index in [-0.39, 0.29) is 17.5 Å². The van der Waals surface area contributed by atoms with Crippen LogP contribution in [0.1, 0.15) is 40.5 Å². The molecule has 0 saturated carbocycles. The Morgan fingerprint density at radius 1 is 1.45 bits per heavy atom. The van der Waals surface area contributed by atoms with Crippen molar-refractivity contribution >= 4 is 23.1 Å². The third-order valence-electron chi connectivity index (χ3n) is 3.50. The van der Waals surface area contributed by atoms with Crippen molar-refractivity contribution in [2.45, 2.75) is 52.1 Å². The SMILES string of the molecule is CCC(C)(C)NC(=O)C(C)N(CCOC)CCC(N)=S. The number of nitrogens with two attached hydrogens (primary N) is 1. The average Bonchev–Trinajstić information content (AvgIpc) is 2.37. The summed E-state index contributed by atoms with van der Waals surface area (Å²) in [6.07, 6.45) is 1.49. The normalized spacial score (nSPS) is 13.3. The van der Waals surface area contributed by atoms with Crippen molar-refractivity contribution in [1.82, 2.24) is 10.2 Å². The number of methoxy groups -OCH3 is 1. The van der Waals surface area contributed by atoms with E-state index < -0.39 is 0 Å². The molecule has 0 bridgehead atoms. The minimum Gasteiger partial charge on any atom is -0.393 e. The maximum Gasteiger partial charge on any atom is 0.237 e. The second kappa shape index (κ2) is 9.26. The molecule has 0 aliphatic rings. The van der Waals surface area contributed by atoms with E-state index in [2.05, 4.69) is 12.2 Å². The van der Waals surface area contributed by atoms with Crippen LogP contribution >= 0.6 is 12.2 Å². The molecule has 0 aromatic heterocycles. The van der Waals surface area contributed by atoms with E-state index in [1.807, 2.05) is 25.7 Å². The highest BCUT2D eigenvalue weighted by Gasteiger charge is 2.25. The Hall–Kier alpha value is -0.720. The lowest BCUT2D eigenvalue weighted by atomic mass is 10.0. The van der Waals surface area contributed by atoms with Gasteiger partial charge in [0.05, 0.1) is 17.6 Å². The van der Waals surface area contributed by atoms with E-state index in [9.17, 15) is 4.79 Å². The fourth-order valence-corrected chi connectivity index (χ4v) is 1.74. The molecular formula is C14H29N3O2S. The summed E-state index contributed by atoms with van der Waals surface area (Å²) in [5.74, 6) is 0.0240. The molecule has 1 unspecified atom stereocenters. The molecule has 6 heteroatoms. The lowest BCUT2D eigenvalue weighted by molar-refractivity contribution is -0.127. The molecule has 0 spiro atoms. The Kier molecular flexibility index (Phi) is 8.93. The van der Waals surface area contributed by atoms with Crippen molar-refractivity contribution in [3.63, 3.8) is 0 Å². The zero-order valence-electron chi connectivity index (χ0n) is 13.4. The summed E-state index contributed by atoms with van der Waals surface area (Å²) in [5.41, 5.74) is 5.35. The van der Waals surface area contributed by atoms with Gasteiger partial charge in [0.2, 0.25) is 5.91 Å². The number of nitrogens with one attached hydrogen (secondary N) is 1. The van der Waals surface area contributed by atoms with E-state index in [4.69, 9.17) is 22.7 Å². The van der Waals surface area contributed by atoms with E-state index in [1.165, 1.54) is 0 Å².